The maximum atomic E-state index is 11.7. The Morgan fingerprint density at radius 3 is 2.86 bits per heavy atom. The van der Waals surface area contributed by atoms with Crippen LogP contribution >= 0.6 is 0 Å². The summed E-state index contributed by atoms with van der Waals surface area (Å²) in [5, 5.41) is 8.50. The minimum atomic E-state index is -0.113. The summed E-state index contributed by atoms with van der Waals surface area (Å²) in [6, 6.07) is 7.48. The van der Waals surface area contributed by atoms with E-state index < -0.39 is 0 Å². The van der Waals surface area contributed by atoms with Crippen molar-refractivity contribution in [2.24, 2.45) is 5.92 Å². The number of nitrogens with one attached hydrogen (secondary N) is 3. The Morgan fingerprint density at radius 1 is 1.33 bits per heavy atom. The third kappa shape index (κ3) is 5.28. The lowest BCUT2D eigenvalue weighted by molar-refractivity contribution is -0.120. The summed E-state index contributed by atoms with van der Waals surface area (Å²) in [6.45, 7) is 0.988. The number of rotatable bonds is 7. The van der Waals surface area contributed by atoms with Gasteiger partial charge in [0.15, 0.2) is 0 Å². The molecule has 2 amide bonds. The number of amides is 2. The SMILES string of the molecule is C#CCNCC(=O)NCc1cccc(NC(=O)C2CC2)c1. The second kappa shape index (κ2) is 7.46. The first-order valence-corrected chi connectivity index (χ1v) is 6.99. The zero-order valence-electron chi connectivity index (χ0n) is 11.8. The van der Waals surface area contributed by atoms with Crippen LogP contribution in [0.1, 0.15) is 18.4 Å². The molecule has 0 aromatic heterocycles. The van der Waals surface area contributed by atoms with Crippen molar-refractivity contribution in [1.82, 2.24) is 10.6 Å². The largest absolute Gasteiger partial charge is 0.351 e. The molecule has 0 radical (unpaired) electrons. The Balaban J connectivity index is 1.79. The monoisotopic (exact) mass is 285 g/mol. The van der Waals surface area contributed by atoms with Crippen LogP contribution in [0.5, 0.6) is 0 Å². The van der Waals surface area contributed by atoms with Gasteiger partial charge in [0.2, 0.25) is 11.8 Å². The molecule has 0 atom stereocenters. The summed E-state index contributed by atoms with van der Waals surface area (Å²) in [5.74, 6) is 2.55. The smallest absolute Gasteiger partial charge is 0.234 e. The quantitative estimate of drug-likeness (QED) is 0.514. The molecule has 0 bridgehead atoms. The van der Waals surface area contributed by atoms with Gasteiger partial charge in [-0.15, -0.1) is 6.42 Å². The molecule has 1 aromatic carbocycles. The molecular weight excluding hydrogens is 266 g/mol. The topological polar surface area (TPSA) is 70.2 Å². The molecule has 21 heavy (non-hydrogen) atoms. The molecule has 1 fully saturated rings. The standard InChI is InChI=1S/C16H19N3O2/c1-2-8-17-11-15(20)18-10-12-4-3-5-14(9-12)19-16(21)13-6-7-13/h1,3-5,9,13,17H,6-8,10-11H2,(H,18,20)(H,19,21). The minimum Gasteiger partial charge on any atom is -0.351 e. The molecule has 2 rings (SSSR count). The number of carbonyl (C=O) groups is 2. The van der Waals surface area contributed by atoms with E-state index in [1.54, 1.807) is 0 Å². The van der Waals surface area contributed by atoms with Crippen LogP contribution in [0.2, 0.25) is 0 Å². The first-order chi connectivity index (χ1) is 10.2. The average molecular weight is 285 g/mol. The summed E-state index contributed by atoms with van der Waals surface area (Å²) < 4.78 is 0. The van der Waals surface area contributed by atoms with Crippen molar-refractivity contribution >= 4 is 17.5 Å². The Morgan fingerprint density at radius 2 is 2.14 bits per heavy atom. The molecule has 0 spiro atoms. The van der Waals surface area contributed by atoms with E-state index in [4.69, 9.17) is 6.42 Å². The van der Waals surface area contributed by atoms with Crippen LogP contribution in [0.15, 0.2) is 24.3 Å². The summed E-state index contributed by atoms with van der Waals surface area (Å²) in [7, 11) is 0. The lowest BCUT2D eigenvalue weighted by atomic mass is 10.2. The van der Waals surface area contributed by atoms with E-state index in [0.29, 0.717) is 13.1 Å². The van der Waals surface area contributed by atoms with Crippen molar-refractivity contribution in [2.45, 2.75) is 19.4 Å². The van der Waals surface area contributed by atoms with Crippen molar-refractivity contribution in [3.63, 3.8) is 0 Å². The van der Waals surface area contributed by atoms with E-state index in [1.807, 2.05) is 24.3 Å². The molecule has 0 unspecified atom stereocenters. The number of benzene rings is 1. The van der Waals surface area contributed by atoms with Gasteiger partial charge in [0.05, 0.1) is 13.1 Å². The highest BCUT2D eigenvalue weighted by molar-refractivity contribution is 5.94. The lowest BCUT2D eigenvalue weighted by Crippen LogP contribution is -2.33. The van der Waals surface area contributed by atoms with Crippen LogP contribution in [-0.2, 0) is 16.1 Å². The van der Waals surface area contributed by atoms with Crippen LogP contribution < -0.4 is 16.0 Å². The summed E-state index contributed by atoms with van der Waals surface area (Å²) in [4.78, 5) is 23.2. The molecule has 5 heteroatoms. The molecule has 3 N–H and O–H groups in total. The zero-order valence-corrected chi connectivity index (χ0v) is 11.8. The molecule has 0 saturated heterocycles. The fraction of sp³-hybridized carbons (Fsp3) is 0.375. The number of anilines is 1. The van der Waals surface area contributed by atoms with Crippen molar-refractivity contribution in [3.05, 3.63) is 29.8 Å². The summed E-state index contributed by atoms with van der Waals surface area (Å²) in [5.41, 5.74) is 1.71. The van der Waals surface area contributed by atoms with Crippen LogP contribution in [0, 0.1) is 18.3 Å². The maximum absolute atomic E-state index is 11.7. The van der Waals surface area contributed by atoms with Gasteiger partial charge in [0.1, 0.15) is 0 Å². The molecule has 0 heterocycles. The summed E-state index contributed by atoms with van der Waals surface area (Å²) in [6.07, 6.45) is 7.04. The fourth-order valence-corrected chi connectivity index (χ4v) is 1.86. The van der Waals surface area contributed by atoms with Gasteiger partial charge >= 0.3 is 0 Å². The highest BCUT2D eigenvalue weighted by Crippen LogP contribution is 2.30. The minimum absolute atomic E-state index is 0.0784. The van der Waals surface area contributed by atoms with E-state index >= 15 is 0 Å². The van der Waals surface area contributed by atoms with E-state index in [1.165, 1.54) is 0 Å². The predicted molar refractivity (Wildman–Crippen MR) is 81.3 cm³/mol. The molecular formula is C16H19N3O2. The molecule has 5 nitrogen and oxygen atoms in total. The van der Waals surface area contributed by atoms with Gasteiger partial charge in [-0.1, -0.05) is 18.1 Å². The number of terminal acetylenes is 1. The van der Waals surface area contributed by atoms with Crippen molar-refractivity contribution in [1.29, 1.82) is 0 Å². The Bertz CT molecular complexity index is 559. The van der Waals surface area contributed by atoms with Crippen LogP contribution in [0.4, 0.5) is 5.69 Å². The Hall–Kier alpha value is -2.32. The van der Waals surface area contributed by atoms with Gasteiger partial charge < -0.3 is 10.6 Å². The third-order valence-electron chi connectivity index (χ3n) is 3.14. The molecule has 1 aliphatic carbocycles. The van der Waals surface area contributed by atoms with Gasteiger partial charge in [-0.05, 0) is 30.5 Å². The second-order valence-electron chi connectivity index (χ2n) is 5.05. The van der Waals surface area contributed by atoms with Gasteiger partial charge in [-0.3, -0.25) is 14.9 Å². The molecule has 110 valence electrons. The van der Waals surface area contributed by atoms with Gasteiger partial charge in [-0.2, -0.15) is 0 Å². The predicted octanol–water partition coefficient (Wildman–Crippen LogP) is 0.874. The molecule has 1 aromatic rings. The van der Waals surface area contributed by atoms with Gasteiger partial charge in [0.25, 0.3) is 0 Å². The molecule has 1 aliphatic rings. The average Bonchev–Trinajstić information content (AvgIpc) is 3.30. The number of hydrogen-bond acceptors (Lipinski definition) is 3. The van der Waals surface area contributed by atoms with Crippen LogP contribution in [-0.4, -0.2) is 24.9 Å². The van der Waals surface area contributed by atoms with Crippen molar-refractivity contribution in [3.8, 4) is 12.3 Å². The second-order valence-corrected chi connectivity index (χ2v) is 5.05. The van der Waals surface area contributed by atoms with Crippen LogP contribution in [0.25, 0.3) is 0 Å². The lowest BCUT2D eigenvalue weighted by Gasteiger charge is -2.08. The molecule has 0 aliphatic heterocycles. The number of carbonyl (C=O) groups excluding carboxylic acids is 2. The van der Waals surface area contributed by atoms with Crippen molar-refractivity contribution < 1.29 is 9.59 Å². The Labute approximate surface area is 124 Å². The van der Waals surface area contributed by atoms with E-state index in [2.05, 4.69) is 21.9 Å². The summed E-state index contributed by atoms with van der Waals surface area (Å²) >= 11 is 0. The number of hydrogen-bond donors (Lipinski definition) is 3. The molecule has 1 saturated carbocycles. The Kier molecular flexibility index (Phi) is 5.35. The van der Waals surface area contributed by atoms with Crippen molar-refractivity contribution in [2.75, 3.05) is 18.4 Å². The van der Waals surface area contributed by atoms with E-state index in [-0.39, 0.29) is 24.3 Å². The van der Waals surface area contributed by atoms with Crippen LogP contribution in [0.3, 0.4) is 0 Å². The highest BCUT2D eigenvalue weighted by atomic mass is 16.2. The first-order valence-electron chi connectivity index (χ1n) is 6.99. The van der Waals surface area contributed by atoms with E-state index in [0.717, 1.165) is 24.1 Å². The van der Waals surface area contributed by atoms with E-state index in [9.17, 15) is 9.59 Å². The highest BCUT2D eigenvalue weighted by Gasteiger charge is 2.29. The fourth-order valence-electron chi connectivity index (χ4n) is 1.86. The van der Waals surface area contributed by atoms with Gasteiger partial charge in [0, 0.05) is 18.2 Å². The van der Waals surface area contributed by atoms with Gasteiger partial charge in [-0.25, -0.2) is 0 Å². The first kappa shape index (κ1) is 15.1. The maximum Gasteiger partial charge on any atom is 0.234 e. The normalized spacial score (nSPS) is 13.3. The third-order valence-corrected chi connectivity index (χ3v) is 3.14. The zero-order chi connectivity index (χ0) is 15.1.